The second kappa shape index (κ2) is 5.69. The van der Waals surface area contributed by atoms with Gasteiger partial charge < -0.3 is 10.1 Å². The quantitative estimate of drug-likeness (QED) is 0.939. The number of ether oxygens (including phenoxy) is 1. The Morgan fingerprint density at radius 3 is 2.44 bits per heavy atom. The van der Waals surface area contributed by atoms with Crippen LogP contribution < -0.4 is 10.1 Å². The normalized spacial score (nSPS) is 9.89. The molecule has 0 aliphatic carbocycles. The van der Waals surface area contributed by atoms with Gasteiger partial charge in [-0.2, -0.15) is 0 Å². The summed E-state index contributed by atoms with van der Waals surface area (Å²) >= 11 is 3.35. The number of rotatable bonds is 3. The molecule has 0 aliphatic rings. The topological polar surface area (TPSA) is 38.3 Å². The Hall–Kier alpha value is -1.81. The third-order valence-corrected chi connectivity index (χ3v) is 2.98. The largest absolute Gasteiger partial charge is 0.496 e. The van der Waals surface area contributed by atoms with E-state index in [9.17, 15) is 4.79 Å². The molecule has 1 N–H and O–H groups in total. The third kappa shape index (κ3) is 2.90. The van der Waals surface area contributed by atoms with Crippen molar-refractivity contribution < 1.29 is 9.53 Å². The van der Waals surface area contributed by atoms with Gasteiger partial charge in [-0.25, -0.2) is 0 Å². The van der Waals surface area contributed by atoms with E-state index < -0.39 is 0 Å². The average Bonchev–Trinajstić information content (AvgIpc) is 2.41. The third-order valence-electron chi connectivity index (χ3n) is 2.45. The minimum Gasteiger partial charge on any atom is -0.496 e. The molecule has 0 radical (unpaired) electrons. The summed E-state index contributed by atoms with van der Waals surface area (Å²) in [5, 5.41) is 2.82. The maximum absolute atomic E-state index is 12.1. The Bertz CT molecular complexity index is 552. The number of anilines is 1. The molecule has 0 fully saturated rings. The molecule has 0 saturated heterocycles. The minimum atomic E-state index is -0.185. The van der Waals surface area contributed by atoms with Crippen LogP contribution in [0.4, 0.5) is 5.69 Å². The lowest BCUT2D eigenvalue weighted by Gasteiger charge is -2.09. The van der Waals surface area contributed by atoms with E-state index in [1.807, 2.05) is 30.3 Å². The smallest absolute Gasteiger partial charge is 0.259 e. The van der Waals surface area contributed by atoms with E-state index in [0.717, 1.165) is 10.2 Å². The molecule has 0 atom stereocenters. The monoisotopic (exact) mass is 305 g/mol. The average molecular weight is 306 g/mol. The van der Waals surface area contributed by atoms with Gasteiger partial charge in [0.25, 0.3) is 5.91 Å². The van der Waals surface area contributed by atoms with E-state index in [1.54, 1.807) is 25.3 Å². The first-order valence-electron chi connectivity index (χ1n) is 5.40. The predicted octanol–water partition coefficient (Wildman–Crippen LogP) is 3.71. The molecule has 18 heavy (non-hydrogen) atoms. The minimum absolute atomic E-state index is 0.185. The van der Waals surface area contributed by atoms with Gasteiger partial charge >= 0.3 is 0 Å². The summed E-state index contributed by atoms with van der Waals surface area (Å²) in [4.78, 5) is 12.1. The molecule has 92 valence electrons. The number of amides is 1. The van der Waals surface area contributed by atoms with Gasteiger partial charge in [-0.1, -0.05) is 28.1 Å². The fourth-order valence-corrected chi connectivity index (χ4v) is 1.83. The number of carbonyl (C=O) groups excluding carboxylic acids is 1. The molecular formula is C14H12BrNO2. The zero-order valence-corrected chi connectivity index (χ0v) is 11.4. The van der Waals surface area contributed by atoms with E-state index in [-0.39, 0.29) is 5.91 Å². The first-order chi connectivity index (χ1) is 8.70. The fraction of sp³-hybridized carbons (Fsp3) is 0.0714. The van der Waals surface area contributed by atoms with Crippen LogP contribution in [-0.2, 0) is 0 Å². The molecule has 2 rings (SSSR count). The lowest BCUT2D eigenvalue weighted by atomic mass is 10.2. The Morgan fingerprint density at radius 1 is 1.11 bits per heavy atom. The second-order valence-corrected chi connectivity index (χ2v) is 4.58. The van der Waals surface area contributed by atoms with Crippen LogP contribution in [0.5, 0.6) is 5.75 Å². The maximum Gasteiger partial charge on any atom is 0.259 e. The van der Waals surface area contributed by atoms with Gasteiger partial charge in [-0.15, -0.1) is 0 Å². The molecule has 0 aromatic heterocycles. The summed E-state index contributed by atoms with van der Waals surface area (Å²) in [5.41, 5.74) is 1.26. The van der Waals surface area contributed by atoms with Gasteiger partial charge in [0.05, 0.1) is 12.7 Å². The molecule has 2 aromatic carbocycles. The number of nitrogens with one attached hydrogen (secondary N) is 1. The highest BCUT2D eigenvalue weighted by molar-refractivity contribution is 9.10. The van der Waals surface area contributed by atoms with Crippen molar-refractivity contribution in [3.63, 3.8) is 0 Å². The molecule has 0 unspecified atom stereocenters. The number of hydrogen-bond donors (Lipinski definition) is 1. The summed E-state index contributed by atoms with van der Waals surface area (Å²) < 4.78 is 6.13. The Kier molecular flexibility index (Phi) is 3.99. The van der Waals surface area contributed by atoms with E-state index in [1.165, 1.54) is 0 Å². The van der Waals surface area contributed by atoms with Crippen molar-refractivity contribution in [1.29, 1.82) is 0 Å². The van der Waals surface area contributed by atoms with Gasteiger partial charge in [0.15, 0.2) is 0 Å². The van der Waals surface area contributed by atoms with Crippen LogP contribution in [0.3, 0.4) is 0 Å². The van der Waals surface area contributed by atoms with Crippen molar-refractivity contribution in [1.82, 2.24) is 0 Å². The molecule has 0 bridgehead atoms. The van der Waals surface area contributed by atoms with E-state index >= 15 is 0 Å². The molecule has 2 aromatic rings. The zero-order chi connectivity index (χ0) is 13.0. The summed E-state index contributed by atoms with van der Waals surface area (Å²) in [6, 6.07) is 14.5. The van der Waals surface area contributed by atoms with E-state index in [4.69, 9.17) is 4.74 Å². The lowest BCUT2D eigenvalue weighted by Crippen LogP contribution is -2.12. The number of hydrogen-bond acceptors (Lipinski definition) is 2. The van der Waals surface area contributed by atoms with Gasteiger partial charge in [0.2, 0.25) is 0 Å². The molecule has 3 nitrogen and oxygen atoms in total. The summed E-state index contributed by atoms with van der Waals surface area (Å²) in [7, 11) is 1.55. The maximum atomic E-state index is 12.1. The van der Waals surface area contributed by atoms with Gasteiger partial charge in [0.1, 0.15) is 5.75 Å². The summed E-state index contributed by atoms with van der Waals surface area (Å²) in [5.74, 6) is 0.377. The molecule has 0 aliphatic heterocycles. The highest BCUT2D eigenvalue weighted by atomic mass is 79.9. The molecule has 0 spiro atoms. The molecule has 0 saturated carbocycles. The van der Waals surface area contributed by atoms with Crippen LogP contribution in [0.25, 0.3) is 0 Å². The van der Waals surface area contributed by atoms with Crippen LogP contribution in [0, 0.1) is 0 Å². The SMILES string of the molecule is COc1ccccc1C(=O)Nc1ccc(Br)cc1. The van der Waals surface area contributed by atoms with Crippen LogP contribution in [0.15, 0.2) is 53.0 Å². The van der Waals surface area contributed by atoms with E-state index in [0.29, 0.717) is 11.3 Å². The highest BCUT2D eigenvalue weighted by Crippen LogP contribution is 2.20. The van der Waals surface area contributed by atoms with Crippen molar-refractivity contribution >= 4 is 27.5 Å². The summed E-state index contributed by atoms with van der Waals surface area (Å²) in [6.07, 6.45) is 0. The number of para-hydroxylation sites is 1. The molecular weight excluding hydrogens is 294 g/mol. The molecule has 1 amide bonds. The van der Waals surface area contributed by atoms with Crippen molar-refractivity contribution in [3.8, 4) is 5.75 Å². The van der Waals surface area contributed by atoms with Crippen LogP contribution in [0.1, 0.15) is 10.4 Å². The Balaban J connectivity index is 2.19. The zero-order valence-electron chi connectivity index (χ0n) is 9.81. The van der Waals surface area contributed by atoms with Crippen molar-refractivity contribution in [2.75, 3.05) is 12.4 Å². The van der Waals surface area contributed by atoms with Crippen LogP contribution in [-0.4, -0.2) is 13.0 Å². The van der Waals surface area contributed by atoms with Gasteiger partial charge in [0, 0.05) is 10.2 Å². The number of halogens is 1. The first-order valence-corrected chi connectivity index (χ1v) is 6.20. The van der Waals surface area contributed by atoms with Crippen LogP contribution >= 0.6 is 15.9 Å². The van der Waals surface area contributed by atoms with Gasteiger partial charge in [-0.05, 0) is 36.4 Å². The summed E-state index contributed by atoms with van der Waals surface area (Å²) in [6.45, 7) is 0. The van der Waals surface area contributed by atoms with Crippen LogP contribution in [0.2, 0.25) is 0 Å². The van der Waals surface area contributed by atoms with Gasteiger partial charge in [-0.3, -0.25) is 4.79 Å². The van der Waals surface area contributed by atoms with Crippen molar-refractivity contribution in [2.45, 2.75) is 0 Å². The predicted molar refractivity (Wildman–Crippen MR) is 75.1 cm³/mol. The molecule has 4 heteroatoms. The van der Waals surface area contributed by atoms with Crippen molar-refractivity contribution in [2.24, 2.45) is 0 Å². The standard InChI is InChI=1S/C14H12BrNO2/c1-18-13-5-3-2-4-12(13)14(17)16-11-8-6-10(15)7-9-11/h2-9H,1H3,(H,16,17). The number of methoxy groups -OCH3 is 1. The van der Waals surface area contributed by atoms with E-state index in [2.05, 4.69) is 21.2 Å². The lowest BCUT2D eigenvalue weighted by molar-refractivity contribution is 0.102. The Labute approximate surface area is 114 Å². The second-order valence-electron chi connectivity index (χ2n) is 3.66. The number of carbonyl (C=O) groups is 1. The Morgan fingerprint density at radius 2 is 1.78 bits per heavy atom. The first kappa shape index (κ1) is 12.6. The molecule has 0 heterocycles. The number of benzene rings is 2. The highest BCUT2D eigenvalue weighted by Gasteiger charge is 2.11. The fourth-order valence-electron chi connectivity index (χ4n) is 1.56. The van der Waals surface area contributed by atoms with Crippen molar-refractivity contribution in [3.05, 3.63) is 58.6 Å².